The summed E-state index contributed by atoms with van der Waals surface area (Å²) in [6, 6.07) is 9.08. The van der Waals surface area contributed by atoms with Gasteiger partial charge >= 0.3 is 0 Å². The Bertz CT molecular complexity index is 508. The van der Waals surface area contributed by atoms with Gasteiger partial charge in [-0.2, -0.15) is 4.98 Å². The molecular formula is C14H19N3OS. The molecule has 0 radical (unpaired) electrons. The lowest BCUT2D eigenvalue weighted by Gasteiger charge is -2.08. The Labute approximate surface area is 118 Å². The van der Waals surface area contributed by atoms with Crippen LogP contribution in [0.4, 0.5) is 0 Å². The standard InChI is InChI=1S/C14H19N3OS/c1-10(2)15-8-12-4-6-13(7-5-12)19-9-14-16-11(3)18-17-14/h4-7,10,15H,8-9H2,1-3H3. The highest BCUT2D eigenvalue weighted by atomic mass is 32.2. The van der Waals surface area contributed by atoms with Crippen molar-refractivity contribution in [3.63, 3.8) is 0 Å². The molecule has 0 aliphatic rings. The van der Waals surface area contributed by atoms with E-state index >= 15 is 0 Å². The second kappa shape index (κ2) is 6.73. The number of aryl methyl sites for hydroxylation is 1. The van der Waals surface area contributed by atoms with Gasteiger partial charge in [-0.3, -0.25) is 0 Å². The van der Waals surface area contributed by atoms with Crippen molar-refractivity contribution < 1.29 is 4.52 Å². The SMILES string of the molecule is Cc1nc(CSc2ccc(CNC(C)C)cc2)no1. The molecule has 0 saturated carbocycles. The summed E-state index contributed by atoms with van der Waals surface area (Å²) < 4.78 is 4.94. The molecule has 5 heteroatoms. The molecule has 0 spiro atoms. The van der Waals surface area contributed by atoms with Gasteiger partial charge in [-0.25, -0.2) is 0 Å². The van der Waals surface area contributed by atoms with Gasteiger partial charge < -0.3 is 9.84 Å². The third kappa shape index (κ3) is 4.69. The van der Waals surface area contributed by atoms with Crippen molar-refractivity contribution in [2.24, 2.45) is 0 Å². The Balaban J connectivity index is 1.84. The van der Waals surface area contributed by atoms with Gasteiger partial charge in [-0.1, -0.05) is 31.1 Å². The molecular weight excluding hydrogens is 258 g/mol. The quantitative estimate of drug-likeness (QED) is 0.822. The summed E-state index contributed by atoms with van der Waals surface area (Å²) in [7, 11) is 0. The molecule has 1 heterocycles. The molecule has 0 atom stereocenters. The highest BCUT2D eigenvalue weighted by Gasteiger charge is 2.03. The summed E-state index contributed by atoms with van der Waals surface area (Å²) in [5.41, 5.74) is 1.30. The van der Waals surface area contributed by atoms with Crippen LogP contribution < -0.4 is 5.32 Å². The van der Waals surface area contributed by atoms with Gasteiger partial charge in [-0.15, -0.1) is 11.8 Å². The van der Waals surface area contributed by atoms with Crippen molar-refractivity contribution in [2.45, 2.75) is 44.0 Å². The summed E-state index contributed by atoms with van der Waals surface area (Å²) in [6.45, 7) is 7.01. The molecule has 19 heavy (non-hydrogen) atoms. The van der Waals surface area contributed by atoms with Gasteiger partial charge in [0.25, 0.3) is 0 Å². The summed E-state index contributed by atoms with van der Waals surface area (Å²) in [5, 5.41) is 7.28. The molecule has 1 aromatic carbocycles. The van der Waals surface area contributed by atoms with Crippen molar-refractivity contribution in [1.82, 2.24) is 15.5 Å². The average molecular weight is 277 g/mol. The topological polar surface area (TPSA) is 51.0 Å². The second-order valence-corrected chi connectivity index (χ2v) is 5.75. The molecule has 2 rings (SSSR count). The zero-order valence-corrected chi connectivity index (χ0v) is 12.3. The number of benzene rings is 1. The fourth-order valence-corrected chi connectivity index (χ4v) is 2.31. The van der Waals surface area contributed by atoms with E-state index in [1.54, 1.807) is 18.7 Å². The molecule has 4 nitrogen and oxygen atoms in total. The van der Waals surface area contributed by atoms with Crippen LogP contribution in [0.15, 0.2) is 33.7 Å². The minimum Gasteiger partial charge on any atom is -0.340 e. The molecule has 2 aromatic rings. The minimum absolute atomic E-state index is 0.510. The molecule has 0 fully saturated rings. The van der Waals surface area contributed by atoms with Crippen LogP contribution >= 0.6 is 11.8 Å². The lowest BCUT2D eigenvalue weighted by Crippen LogP contribution is -2.21. The van der Waals surface area contributed by atoms with Gasteiger partial charge in [0.2, 0.25) is 5.89 Å². The fourth-order valence-electron chi connectivity index (χ4n) is 1.57. The summed E-state index contributed by atoms with van der Waals surface area (Å²) in [6.07, 6.45) is 0. The molecule has 0 aliphatic carbocycles. The first-order chi connectivity index (χ1) is 9.13. The molecule has 102 valence electrons. The van der Waals surface area contributed by atoms with E-state index in [2.05, 4.69) is 53.6 Å². The number of hydrogen-bond donors (Lipinski definition) is 1. The van der Waals surface area contributed by atoms with Gasteiger partial charge in [0.05, 0.1) is 5.75 Å². The zero-order valence-electron chi connectivity index (χ0n) is 11.5. The summed E-state index contributed by atoms with van der Waals surface area (Å²) in [4.78, 5) is 5.40. The zero-order chi connectivity index (χ0) is 13.7. The van der Waals surface area contributed by atoms with Crippen LogP contribution in [0.1, 0.15) is 31.1 Å². The highest BCUT2D eigenvalue weighted by Crippen LogP contribution is 2.21. The number of aromatic nitrogens is 2. The Morgan fingerprint density at radius 1 is 1.26 bits per heavy atom. The maximum Gasteiger partial charge on any atom is 0.223 e. The monoisotopic (exact) mass is 277 g/mol. The van der Waals surface area contributed by atoms with E-state index < -0.39 is 0 Å². The van der Waals surface area contributed by atoms with Gasteiger partial charge in [-0.05, 0) is 17.7 Å². The van der Waals surface area contributed by atoms with Crippen LogP contribution in [0.3, 0.4) is 0 Å². The molecule has 0 bridgehead atoms. The number of thioether (sulfide) groups is 1. The maximum atomic E-state index is 4.94. The largest absolute Gasteiger partial charge is 0.340 e. The van der Waals surface area contributed by atoms with Crippen LogP contribution in [0.25, 0.3) is 0 Å². The van der Waals surface area contributed by atoms with Crippen LogP contribution in [0.2, 0.25) is 0 Å². The minimum atomic E-state index is 0.510. The number of hydrogen-bond acceptors (Lipinski definition) is 5. The third-order valence-electron chi connectivity index (χ3n) is 2.58. The van der Waals surface area contributed by atoms with E-state index in [-0.39, 0.29) is 0 Å². The van der Waals surface area contributed by atoms with Gasteiger partial charge in [0.1, 0.15) is 0 Å². The molecule has 0 aliphatic heterocycles. The molecule has 0 unspecified atom stereocenters. The van der Waals surface area contributed by atoms with E-state index in [4.69, 9.17) is 4.52 Å². The number of rotatable bonds is 6. The second-order valence-electron chi connectivity index (χ2n) is 4.70. The number of nitrogens with zero attached hydrogens (tertiary/aromatic N) is 2. The lowest BCUT2D eigenvalue weighted by atomic mass is 10.2. The van der Waals surface area contributed by atoms with Crippen LogP contribution in [-0.2, 0) is 12.3 Å². The lowest BCUT2D eigenvalue weighted by molar-refractivity contribution is 0.389. The normalized spacial score (nSPS) is 11.2. The van der Waals surface area contributed by atoms with Crippen molar-refractivity contribution in [3.8, 4) is 0 Å². The van der Waals surface area contributed by atoms with Crippen molar-refractivity contribution in [1.29, 1.82) is 0 Å². The first kappa shape index (κ1) is 14.1. The average Bonchev–Trinajstić information content (AvgIpc) is 2.81. The summed E-state index contributed by atoms with van der Waals surface area (Å²) >= 11 is 1.71. The molecule has 0 saturated heterocycles. The smallest absolute Gasteiger partial charge is 0.223 e. The van der Waals surface area contributed by atoms with Crippen LogP contribution in [0, 0.1) is 6.92 Å². The first-order valence-corrected chi connectivity index (χ1v) is 7.36. The van der Waals surface area contributed by atoms with Gasteiger partial charge in [0.15, 0.2) is 5.82 Å². The Morgan fingerprint density at radius 2 is 2.00 bits per heavy atom. The van der Waals surface area contributed by atoms with E-state index in [1.807, 2.05) is 0 Å². The Morgan fingerprint density at radius 3 is 2.58 bits per heavy atom. The molecule has 1 N–H and O–H groups in total. The Kier molecular flexibility index (Phi) is 4.99. The van der Waals surface area contributed by atoms with Crippen molar-refractivity contribution in [2.75, 3.05) is 0 Å². The van der Waals surface area contributed by atoms with Crippen LogP contribution in [0.5, 0.6) is 0 Å². The number of nitrogens with one attached hydrogen (secondary N) is 1. The fraction of sp³-hybridized carbons (Fsp3) is 0.429. The first-order valence-electron chi connectivity index (χ1n) is 6.38. The predicted octanol–water partition coefficient (Wildman–Crippen LogP) is 3.17. The van der Waals surface area contributed by atoms with E-state index in [9.17, 15) is 0 Å². The van der Waals surface area contributed by atoms with E-state index in [1.165, 1.54) is 10.5 Å². The van der Waals surface area contributed by atoms with Crippen molar-refractivity contribution >= 4 is 11.8 Å². The van der Waals surface area contributed by atoms with Crippen molar-refractivity contribution in [3.05, 3.63) is 41.5 Å². The molecule has 1 aromatic heterocycles. The molecule has 0 amide bonds. The third-order valence-corrected chi connectivity index (χ3v) is 3.58. The van der Waals surface area contributed by atoms with Crippen LogP contribution in [-0.4, -0.2) is 16.2 Å². The summed E-state index contributed by atoms with van der Waals surface area (Å²) in [5.74, 6) is 2.10. The van der Waals surface area contributed by atoms with E-state index in [0.29, 0.717) is 11.9 Å². The van der Waals surface area contributed by atoms with E-state index in [0.717, 1.165) is 18.1 Å². The Hall–Kier alpha value is -1.33. The highest BCUT2D eigenvalue weighted by molar-refractivity contribution is 7.98. The van der Waals surface area contributed by atoms with Gasteiger partial charge in [0, 0.05) is 24.4 Å². The maximum absolute atomic E-state index is 4.94. The predicted molar refractivity (Wildman–Crippen MR) is 77.0 cm³/mol.